The van der Waals surface area contributed by atoms with Crippen LogP contribution < -0.4 is 5.43 Å². The predicted octanol–water partition coefficient (Wildman–Crippen LogP) is 3.49. The number of nitrogens with zero attached hydrogens (tertiary/aromatic N) is 3. The summed E-state index contributed by atoms with van der Waals surface area (Å²) in [5.41, 5.74) is 4.55. The molecule has 0 unspecified atom stereocenters. The normalized spacial score (nSPS) is 11.7. The molecule has 0 bridgehead atoms. The van der Waals surface area contributed by atoms with E-state index < -0.39 is 0 Å². The van der Waals surface area contributed by atoms with Crippen LogP contribution in [0.15, 0.2) is 58.2 Å². The van der Waals surface area contributed by atoms with Crippen molar-refractivity contribution < 1.29 is 4.79 Å². The minimum atomic E-state index is -0.349. The second-order valence-electron chi connectivity index (χ2n) is 5.20. The van der Waals surface area contributed by atoms with Crippen molar-refractivity contribution in [3.63, 3.8) is 0 Å². The highest BCUT2D eigenvalue weighted by Crippen LogP contribution is 2.16. The molecule has 0 aliphatic rings. The van der Waals surface area contributed by atoms with Crippen molar-refractivity contribution in [2.75, 3.05) is 0 Å². The summed E-state index contributed by atoms with van der Waals surface area (Å²) in [5.74, 6) is -0.349. The summed E-state index contributed by atoms with van der Waals surface area (Å²) in [7, 11) is 1.76. The van der Waals surface area contributed by atoms with Crippen LogP contribution in [0.2, 0.25) is 0 Å². The van der Waals surface area contributed by atoms with Crippen LogP contribution in [0.25, 0.3) is 10.8 Å². The lowest BCUT2D eigenvalue weighted by atomic mass is 10.0. The van der Waals surface area contributed by atoms with Gasteiger partial charge in [-0.05, 0) is 45.3 Å². The Morgan fingerprint density at radius 1 is 1.22 bits per heavy atom. The summed E-state index contributed by atoms with van der Waals surface area (Å²) < 4.78 is 2.20. The van der Waals surface area contributed by atoms with Crippen LogP contribution in [0, 0.1) is 0 Å². The molecular formula is C17H15BrN4O. The quantitative estimate of drug-likeness (QED) is 0.566. The number of nitrogens with one attached hydrogen (secondary N) is 1. The number of aryl methyl sites for hydroxylation is 1. The van der Waals surface area contributed by atoms with E-state index in [1.54, 1.807) is 17.9 Å². The van der Waals surface area contributed by atoms with Crippen molar-refractivity contribution in [3.8, 4) is 0 Å². The Balaban J connectivity index is 1.81. The molecule has 0 saturated carbocycles. The fourth-order valence-electron chi connectivity index (χ4n) is 2.28. The molecule has 1 N–H and O–H groups in total. The molecule has 1 heterocycles. The van der Waals surface area contributed by atoms with E-state index in [0.29, 0.717) is 10.2 Å². The number of aromatic nitrogens is 2. The van der Waals surface area contributed by atoms with E-state index in [-0.39, 0.29) is 5.91 Å². The van der Waals surface area contributed by atoms with Crippen LogP contribution in [-0.2, 0) is 7.05 Å². The van der Waals surface area contributed by atoms with Gasteiger partial charge < -0.3 is 0 Å². The van der Waals surface area contributed by atoms with Gasteiger partial charge in [0.25, 0.3) is 5.91 Å². The molecule has 1 aromatic heterocycles. The largest absolute Gasteiger partial charge is 0.293 e. The molecule has 6 heteroatoms. The molecule has 0 atom stereocenters. The molecule has 1 amide bonds. The first kappa shape index (κ1) is 15.4. The molecule has 3 aromatic rings. The van der Waals surface area contributed by atoms with Gasteiger partial charge in [0.2, 0.25) is 0 Å². The third kappa shape index (κ3) is 3.32. The number of amides is 1. The number of carbonyl (C=O) groups excluding carboxylic acids is 1. The first-order valence-electron chi connectivity index (χ1n) is 7.07. The van der Waals surface area contributed by atoms with E-state index in [4.69, 9.17) is 0 Å². The Morgan fingerprint density at radius 2 is 1.96 bits per heavy atom. The van der Waals surface area contributed by atoms with Gasteiger partial charge >= 0.3 is 0 Å². The fraction of sp³-hybridized carbons (Fsp3) is 0.118. The van der Waals surface area contributed by atoms with Crippen molar-refractivity contribution in [3.05, 3.63) is 64.4 Å². The second-order valence-corrected chi connectivity index (χ2v) is 6.05. The maximum absolute atomic E-state index is 12.1. The highest BCUT2D eigenvalue weighted by Gasteiger charge is 2.13. The third-order valence-corrected chi connectivity index (χ3v) is 4.07. The molecule has 0 aliphatic carbocycles. The number of fused-ring (bicyclic) bond motifs is 1. The third-order valence-electron chi connectivity index (χ3n) is 3.49. The molecule has 0 spiro atoms. The molecule has 23 heavy (non-hydrogen) atoms. The standard InChI is InChI=1S/C17H15BrN4O/c1-11(13-8-7-12-5-3-4-6-14(12)9-13)19-20-17(23)16-15(18)10-22(2)21-16/h3-10H,1-2H3,(H,20,23)/b19-11+. The maximum atomic E-state index is 12.1. The smallest absolute Gasteiger partial charge is 0.274 e. The van der Waals surface area contributed by atoms with E-state index in [1.807, 2.05) is 31.2 Å². The van der Waals surface area contributed by atoms with E-state index in [9.17, 15) is 4.79 Å². The first-order valence-corrected chi connectivity index (χ1v) is 7.87. The lowest BCUT2D eigenvalue weighted by molar-refractivity contribution is 0.0948. The van der Waals surface area contributed by atoms with Crippen molar-refractivity contribution in [1.82, 2.24) is 15.2 Å². The van der Waals surface area contributed by atoms with Gasteiger partial charge in [0.1, 0.15) is 0 Å². The van der Waals surface area contributed by atoms with E-state index >= 15 is 0 Å². The van der Waals surface area contributed by atoms with E-state index in [2.05, 4.69) is 49.8 Å². The van der Waals surface area contributed by atoms with Gasteiger partial charge in [-0.1, -0.05) is 36.4 Å². The van der Waals surface area contributed by atoms with Crippen molar-refractivity contribution in [2.24, 2.45) is 12.1 Å². The zero-order chi connectivity index (χ0) is 16.4. The molecule has 0 aliphatic heterocycles. The Kier molecular flexibility index (Phi) is 4.25. The molecule has 3 rings (SSSR count). The summed E-state index contributed by atoms with van der Waals surface area (Å²) in [6, 6.07) is 14.2. The van der Waals surface area contributed by atoms with Gasteiger partial charge in [0.15, 0.2) is 5.69 Å². The lowest BCUT2D eigenvalue weighted by Crippen LogP contribution is -2.20. The van der Waals surface area contributed by atoms with Crippen LogP contribution in [-0.4, -0.2) is 21.4 Å². The molecule has 0 fully saturated rings. The Morgan fingerprint density at radius 3 is 2.65 bits per heavy atom. The van der Waals surface area contributed by atoms with Crippen LogP contribution >= 0.6 is 15.9 Å². The maximum Gasteiger partial charge on any atom is 0.293 e. The van der Waals surface area contributed by atoms with Crippen LogP contribution in [0.4, 0.5) is 0 Å². The highest BCUT2D eigenvalue weighted by atomic mass is 79.9. The van der Waals surface area contributed by atoms with Crippen LogP contribution in [0.1, 0.15) is 23.0 Å². The lowest BCUT2D eigenvalue weighted by Gasteiger charge is -2.04. The molecule has 116 valence electrons. The number of hydrazone groups is 1. The van der Waals surface area contributed by atoms with E-state index in [1.165, 1.54) is 5.39 Å². The van der Waals surface area contributed by atoms with E-state index in [0.717, 1.165) is 16.7 Å². The van der Waals surface area contributed by atoms with Crippen molar-refractivity contribution in [1.29, 1.82) is 0 Å². The number of benzene rings is 2. The summed E-state index contributed by atoms with van der Waals surface area (Å²) in [6.45, 7) is 1.86. The van der Waals surface area contributed by atoms with Gasteiger partial charge in [-0.25, -0.2) is 5.43 Å². The number of hydrogen-bond acceptors (Lipinski definition) is 3. The zero-order valence-corrected chi connectivity index (χ0v) is 14.3. The average Bonchev–Trinajstić information content (AvgIpc) is 2.90. The zero-order valence-electron chi connectivity index (χ0n) is 12.7. The molecule has 5 nitrogen and oxygen atoms in total. The van der Waals surface area contributed by atoms with Crippen LogP contribution in [0.5, 0.6) is 0 Å². The van der Waals surface area contributed by atoms with Crippen molar-refractivity contribution >= 4 is 38.3 Å². The molecule has 2 aromatic carbocycles. The highest BCUT2D eigenvalue weighted by molar-refractivity contribution is 9.10. The number of carbonyl (C=O) groups is 1. The second kappa shape index (κ2) is 6.34. The minimum absolute atomic E-state index is 0.308. The summed E-state index contributed by atoms with van der Waals surface area (Å²) >= 11 is 3.30. The Labute approximate surface area is 142 Å². The average molecular weight is 371 g/mol. The molecule has 0 radical (unpaired) electrons. The molecule has 0 saturated heterocycles. The number of halogens is 1. The number of rotatable bonds is 3. The van der Waals surface area contributed by atoms with Crippen LogP contribution in [0.3, 0.4) is 0 Å². The van der Waals surface area contributed by atoms with Gasteiger partial charge in [-0.15, -0.1) is 0 Å². The van der Waals surface area contributed by atoms with Crippen molar-refractivity contribution in [2.45, 2.75) is 6.92 Å². The Bertz CT molecular complexity index is 914. The van der Waals surface area contributed by atoms with Gasteiger partial charge in [0, 0.05) is 13.2 Å². The first-order chi connectivity index (χ1) is 11.0. The summed E-state index contributed by atoms with van der Waals surface area (Å²) in [5, 5.41) is 10.6. The monoisotopic (exact) mass is 370 g/mol. The fourth-order valence-corrected chi connectivity index (χ4v) is 2.84. The minimum Gasteiger partial charge on any atom is -0.274 e. The topological polar surface area (TPSA) is 59.3 Å². The SMILES string of the molecule is C/C(=N\NC(=O)c1nn(C)cc1Br)c1ccc2ccccc2c1. The molecular weight excluding hydrogens is 356 g/mol. The Hall–Kier alpha value is -2.47. The van der Waals surface area contributed by atoms with Gasteiger partial charge in [0.05, 0.1) is 10.2 Å². The predicted molar refractivity (Wildman–Crippen MR) is 94.5 cm³/mol. The summed E-state index contributed by atoms with van der Waals surface area (Å²) in [6.07, 6.45) is 1.72. The van der Waals surface area contributed by atoms with Gasteiger partial charge in [-0.2, -0.15) is 10.2 Å². The number of hydrogen-bond donors (Lipinski definition) is 1. The summed E-state index contributed by atoms with van der Waals surface area (Å²) in [4.78, 5) is 12.1. The van der Waals surface area contributed by atoms with Gasteiger partial charge in [-0.3, -0.25) is 9.48 Å².